The van der Waals surface area contributed by atoms with Crippen LogP contribution in [0.15, 0.2) is 43.0 Å². The van der Waals surface area contributed by atoms with Gasteiger partial charge in [0.2, 0.25) is 5.91 Å². The first kappa shape index (κ1) is 19.0. The Kier molecular flexibility index (Phi) is 6.13. The second kappa shape index (κ2) is 8.73. The van der Waals surface area contributed by atoms with Gasteiger partial charge in [0, 0.05) is 34.7 Å². The van der Waals surface area contributed by atoms with Crippen LogP contribution >= 0.6 is 11.3 Å². The third-order valence-electron chi connectivity index (χ3n) is 4.31. The molecule has 0 aliphatic carbocycles. The molecule has 3 rings (SSSR count). The Morgan fingerprint density at radius 3 is 2.59 bits per heavy atom. The maximum Gasteiger partial charge on any atom is 0.220 e. The Hall–Kier alpha value is -2.80. The van der Waals surface area contributed by atoms with Crippen LogP contribution in [0.25, 0.3) is 0 Å². The summed E-state index contributed by atoms with van der Waals surface area (Å²) in [4.78, 5) is 30.6. The van der Waals surface area contributed by atoms with Crippen molar-refractivity contribution in [1.29, 1.82) is 0 Å². The van der Waals surface area contributed by atoms with Crippen molar-refractivity contribution in [2.75, 3.05) is 0 Å². The summed E-state index contributed by atoms with van der Waals surface area (Å²) in [5.41, 5.74) is 2.84. The van der Waals surface area contributed by atoms with E-state index in [4.69, 9.17) is 0 Å². The second-order valence-electron chi connectivity index (χ2n) is 6.39. The highest BCUT2D eigenvalue weighted by Crippen LogP contribution is 2.22. The molecule has 1 N–H and O–H groups in total. The second-order valence-corrected chi connectivity index (χ2v) is 7.85. The highest BCUT2D eigenvalue weighted by molar-refractivity contribution is 7.12. The molecule has 2 heterocycles. The first-order valence-corrected chi connectivity index (χ1v) is 9.60. The monoisotopic (exact) mass is 382 g/mol. The summed E-state index contributed by atoms with van der Waals surface area (Å²) in [7, 11) is 0. The van der Waals surface area contributed by atoms with Crippen molar-refractivity contribution in [2.45, 2.75) is 39.8 Å². The number of rotatable bonds is 8. The molecular formula is C20H22N4O2S. The van der Waals surface area contributed by atoms with Crippen molar-refractivity contribution in [3.05, 3.63) is 69.4 Å². The number of aromatic nitrogens is 3. The summed E-state index contributed by atoms with van der Waals surface area (Å²) in [5.74, 6) is -0.0953. The summed E-state index contributed by atoms with van der Waals surface area (Å²) < 4.78 is 1.74. The first-order chi connectivity index (χ1) is 13.0. The van der Waals surface area contributed by atoms with Crippen molar-refractivity contribution in [1.82, 2.24) is 20.1 Å². The molecule has 0 unspecified atom stereocenters. The molecule has 0 aliphatic rings. The number of thiophene rings is 1. The molecule has 1 aromatic carbocycles. The van der Waals surface area contributed by atoms with Crippen LogP contribution < -0.4 is 5.32 Å². The predicted octanol–water partition coefficient (Wildman–Crippen LogP) is 3.28. The van der Waals surface area contributed by atoms with E-state index in [1.165, 1.54) is 6.33 Å². The molecule has 1 amide bonds. The quantitative estimate of drug-likeness (QED) is 0.607. The summed E-state index contributed by atoms with van der Waals surface area (Å²) in [6, 6.07) is 9.79. The Morgan fingerprint density at radius 2 is 1.93 bits per heavy atom. The van der Waals surface area contributed by atoms with Gasteiger partial charge in [0.15, 0.2) is 5.78 Å². The zero-order valence-corrected chi connectivity index (χ0v) is 16.3. The van der Waals surface area contributed by atoms with E-state index < -0.39 is 0 Å². The fraction of sp³-hybridized carbons (Fsp3) is 0.300. The van der Waals surface area contributed by atoms with Crippen LogP contribution in [-0.2, 0) is 17.9 Å². The van der Waals surface area contributed by atoms with Gasteiger partial charge in [0.05, 0.1) is 6.54 Å². The minimum absolute atomic E-state index is 0.0265. The molecule has 0 spiro atoms. The zero-order valence-electron chi connectivity index (χ0n) is 15.4. The van der Waals surface area contributed by atoms with Crippen LogP contribution in [0, 0.1) is 13.8 Å². The van der Waals surface area contributed by atoms with Crippen molar-refractivity contribution < 1.29 is 9.59 Å². The number of carbonyl (C=O) groups is 2. The molecule has 0 bridgehead atoms. The highest BCUT2D eigenvalue weighted by Gasteiger charge is 2.14. The van der Waals surface area contributed by atoms with Gasteiger partial charge in [0.25, 0.3) is 0 Å². The number of amides is 1. The summed E-state index contributed by atoms with van der Waals surface area (Å²) in [6.07, 6.45) is 3.58. The van der Waals surface area contributed by atoms with Crippen molar-refractivity contribution >= 4 is 23.0 Å². The lowest BCUT2D eigenvalue weighted by molar-refractivity contribution is -0.121. The van der Waals surface area contributed by atoms with Crippen molar-refractivity contribution in [3.63, 3.8) is 0 Å². The normalized spacial score (nSPS) is 10.7. The molecular weight excluding hydrogens is 360 g/mol. The van der Waals surface area contributed by atoms with E-state index in [-0.39, 0.29) is 24.5 Å². The summed E-state index contributed by atoms with van der Waals surface area (Å²) in [6.45, 7) is 4.95. The Bertz CT molecular complexity index is 931. The van der Waals surface area contributed by atoms with Crippen LogP contribution in [0.1, 0.15) is 44.1 Å². The van der Waals surface area contributed by atoms with Crippen molar-refractivity contribution in [2.24, 2.45) is 0 Å². The van der Waals surface area contributed by atoms with Gasteiger partial charge < -0.3 is 5.32 Å². The van der Waals surface area contributed by atoms with E-state index >= 15 is 0 Å². The molecule has 7 heteroatoms. The number of carbonyl (C=O) groups excluding carboxylic acids is 2. The topological polar surface area (TPSA) is 76.9 Å². The van der Waals surface area contributed by atoms with Gasteiger partial charge in [-0.2, -0.15) is 5.10 Å². The highest BCUT2D eigenvalue weighted by atomic mass is 32.1. The molecule has 0 saturated heterocycles. The van der Waals surface area contributed by atoms with Gasteiger partial charge in [-0.15, -0.1) is 11.3 Å². The average molecular weight is 382 g/mol. The third kappa shape index (κ3) is 5.10. The van der Waals surface area contributed by atoms with Crippen LogP contribution in [-0.4, -0.2) is 26.5 Å². The largest absolute Gasteiger partial charge is 0.352 e. The third-order valence-corrected chi connectivity index (χ3v) is 5.28. The number of nitrogens with one attached hydrogen (secondary N) is 1. The van der Waals surface area contributed by atoms with E-state index in [0.29, 0.717) is 13.1 Å². The molecule has 0 saturated carbocycles. The number of hydrogen-bond acceptors (Lipinski definition) is 5. The number of aryl methyl sites for hydroxylation is 2. The SMILES string of the molecule is Cc1cc(C(=O)CCC(=O)NCc2ccccc2Cn2cncn2)c(C)s1. The molecule has 2 aromatic heterocycles. The fourth-order valence-electron chi connectivity index (χ4n) is 2.92. The van der Waals surface area contributed by atoms with Gasteiger partial charge in [-0.05, 0) is 31.0 Å². The number of benzene rings is 1. The maximum atomic E-state index is 12.3. The molecule has 27 heavy (non-hydrogen) atoms. The van der Waals surface area contributed by atoms with Crippen molar-refractivity contribution in [3.8, 4) is 0 Å². The van der Waals surface area contributed by atoms with E-state index in [1.54, 1.807) is 22.3 Å². The predicted molar refractivity (Wildman–Crippen MR) is 105 cm³/mol. The van der Waals surface area contributed by atoms with Gasteiger partial charge in [0.1, 0.15) is 12.7 Å². The number of Topliss-reactive ketones (excluding diaryl/α,β-unsaturated/α-hetero) is 1. The average Bonchev–Trinajstić information content (AvgIpc) is 3.28. The van der Waals surface area contributed by atoms with Crippen LogP contribution in [0.4, 0.5) is 0 Å². The molecule has 0 atom stereocenters. The standard InChI is InChI=1S/C20H22N4O2S/c1-14-9-18(15(2)27-14)19(25)7-8-20(26)22-10-16-5-3-4-6-17(16)11-24-13-21-12-23-24/h3-6,9,12-13H,7-8,10-11H2,1-2H3,(H,22,26). The summed E-state index contributed by atoms with van der Waals surface area (Å²) in [5, 5.41) is 7.03. The maximum absolute atomic E-state index is 12.3. The van der Waals surface area contributed by atoms with E-state index in [9.17, 15) is 9.59 Å². The van der Waals surface area contributed by atoms with Crippen LogP contribution in [0.3, 0.4) is 0 Å². The van der Waals surface area contributed by atoms with Gasteiger partial charge >= 0.3 is 0 Å². The number of nitrogens with zero attached hydrogens (tertiary/aromatic N) is 3. The zero-order chi connectivity index (χ0) is 19.2. The molecule has 3 aromatic rings. The van der Waals surface area contributed by atoms with E-state index in [1.807, 2.05) is 44.2 Å². The van der Waals surface area contributed by atoms with Crippen LogP contribution in [0.5, 0.6) is 0 Å². The van der Waals surface area contributed by atoms with E-state index in [0.717, 1.165) is 26.4 Å². The molecule has 140 valence electrons. The lowest BCUT2D eigenvalue weighted by atomic mass is 10.1. The lowest BCUT2D eigenvalue weighted by Gasteiger charge is -2.10. The Morgan fingerprint density at radius 1 is 1.15 bits per heavy atom. The molecule has 0 radical (unpaired) electrons. The number of hydrogen-bond donors (Lipinski definition) is 1. The Labute approximate surface area is 162 Å². The minimum Gasteiger partial charge on any atom is -0.352 e. The van der Waals surface area contributed by atoms with Gasteiger partial charge in [-0.3, -0.25) is 9.59 Å². The smallest absolute Gasteiger partial charge is 0.220 e. The minimum atomic E-state index is -0.122. The molecule has 6 nitrogen and oxygen atoms in total. The molecule has 0 aliphatic heterocycles. The van der Waals surface area contributed by atoms with E-state index in [2.05, 4.69) is 15.4 Å². The summed E-state index contributed by atoms with van der Waals surface area (Å²) >= 11 is 1.61. The first-order valence-electron chi connectivity index (χ1n) is 8.79. The lowest BCUT2D eigenvalue weighted by Crippen LogP contribution is -2.24. The van der Waals surface area contributed by atoms with Gasteiger partial charge in [-0.1, -0.05) is 24.3 Å². The Balaban J connectivity index is 1.52. The van der Waals surface area contributed by atoms with Crippen LogP contribution in [0.2, 0.25) is 0 Å². The fourth-order valence-corrected chi connectivity index (χ4v) is 3.87. The number of ketones is 1. The molecule has 0 fully saturated rings. The van der Waals surface area contributed by atoms with Gasteiger partial charge in [-0.25, -0.2) is 9.67 Å².